The van der Waals surface area contributed by atoms with E-state index in [9.17, 15) is 4.79 Å². The van der Waals surface area contributed by atoms with Crippen molar-refractivity contribution in [3.05, 3.63) is 0 Å². The fraction of sp³-hybridized carbons (Fsp3) is 0.929. The Hall–Kier alpha value is -0.610. The SMILES string of the molecule is CCCCC(C(=O)OC)N(CC)C1CCNCC1. The zero-order valence-corrected chi connectivity index (χ0v) is 12.1. The van der Waals surface area contributed by atoms with Crippen molar-refractivity contribution < 1.29 is 9.53 Å². The van der Waals surface area contributed by atoms with Crippen LogP contribution in [-0.2, 0) is 9.53 Å². The minimum absolute atomic E-state index is 0.0527. The molecule has 0 radical (unpaired) electrons. The van der Waals surface area contributed by atoms with Crippen LogP contribution in [0.5, 0.6) is 0 Å². The Labute approximate surface area is 111 Å². The molecule has 0 spiro atoms. The van der Waals surface area contributed by atoms with Gasteiger partial charge in [0.25, 0.3) is 0 Å². The highest BCUT2D eigenvalue weighted by Crippen LogP contribution is 2.19. The first-order valence-corrected chi connectivity index (χ1v) is 7.28. The Morgan fingerprint density at radius 1 is 1.39 bits per heavy atom. The fourth-order valence-corrected chi connectivity index (χ4v) is 2.82. The van der Waals surface area contributed by atoms with Crippen molar-refractivity contribution in [2.24, 2.45) is 0 Å². The minimum Gasteiger partial charge on any atom is -0.468 e. The van der Waals surface area contributed by atoms with Crippen molar-refractivity contribution >= 4 is 5.97 Å². The standard InChI is InChI=1S/C14H28N2O2/c1-4-6-7-13(14(17)18-3)16(5-2)12-8-10-15-11-9-12/h12-13,15H,4-11H2,1-3H3. The smallest absolute Gasteiger partial charge is 0.323 e. The zero-order valence-electron chi connectivity index (χ0n) is 12.1. The summed E-state index contributed by atoms with van der Waals surface area (Å²) in [6.45, 7) is 7.35. The van der Waals surface area contributed by atoms with E-state index in [0.717, 1.165) is 51.7 Å². The van der Waals surface area contributed by atoms with Crippen LogP contribution < -0.4 is 5.32 Å². The van der Waals surface area contributed by atoms with Gasteiger partial charge in [-0.15, -0.1) is 0 Å². The van der Waals surface area contributed by atoms with Gasteiger partial charge in [-0.2, -0.15) is 0 Å². The molecule has 0 amide bonds. The molecule has 1 unspecified atom stereocenters. The van der Waals surface area contributed by atoms with Gasteiger partial charge in [0, 0.05) is 6.04 Å². The normalized spacial score (nSPS) is 18.9. The number of nitrogens with zero attached hydrogens (tertiary/aromatic N) is 1. The molecule has 0 bridgehead atoms. The van der Waals surface area contributed by atoms with E-state index in [1.165, 1.54) is 7.11 Å². The van der Waals surface area contributed by atoms with Crippen molar-refractivity contribution in [3.8, 4) is 0 Å². The number of carbonyl (C=O) groups is 1. The summed E-state index contributed by atoms with van der Waals surface area (Å²) in [6.07, 6.45) is 5.39. The van der Waals surface area contributed by atoms with E-state index in [2.05, 4.69) is 24.1 Å². The van der Waals surface area contributed by atoms with E-state index in [1.807, 2.05) is 0 Å². The van der Waals surface area contributed by atoms with Crippen molar-refractivity contribution in [1.29, 1.82) is 0 Å². The number of nitrogens with one attached hydrogen (secondary N) is 1. The molecule has 1 fully saturated rings. The van der Waals surface area contributed by atoms with Crippen LogP contribution in [0.3, 0.4) is 0 Å². The predicted octanol–water partition coefficient (Wildman–Crippen LogP) is 1.79. The average Bonchev–Trinajstić information content (AvgIpc) is 2.43. The van der Waals surface area contributed by atoms with Gasteiger partial charge in [-0.05, 0) is 38.9 Å². The summed E-state index contributed by atoms with van der Waals surface area (Å²) in [5.74, 6) is -0.0659. The number of hydrogen-bond acceptors (Lipinski definition) is 4. The van der Waals surface area contributed by atoms with Crippen LogP contribution in [0.4, 0.5) is 0 Å². The quantitative estimate of drug-likeness (QED) is 0.705. The van der Waals surface area contributed by atoms with Crippen molar-refractivity contribution in [3.63, 3.8) is 0 Å². The van der Waals surface area contributed by atoms with Crippen LogP contribution in [0.15, 0.2) is 0 Å². The number of rotatable bonds is 7. The van der Waals surface area contributed by atoms with E-state index < -0.39 is 0 Å². The molecule has 1 saturated heterocycles. The third-order valence-corrected chi connectivity index (χ3v) is 3.85. The molecular weight excluding hydrogens is 228 g/mol. The van der Waals surface area contributed by atoms with Crippen LogP contribution in [0.1, 0.15) is 46.0 Å². The molecule has 0 aromatic rings. The molecule has 1 rings (SSSR count). The van der Waals surface area contributed by atoms with Gasteiger partial charge < -0.3 is 10.1 Å². The van der Waals surface area contributed by atoms with E-state index >= 15 is 0 Å². The molecule has 1 aliphatic heterocycles. The maximum absolute atomic E-state index is 12.0. The number of ether oxygens (including phenoxy) is 1. The van der Waals surface area contributed by atoms with E-state index in [-0.39, 0.29) is 12.0 Å². The van der Waals surface area contributed by atoms with E-state index in [1.54, 1.807) is 0 Å². The predicted molar refractivity (Wildman–Crippen MR) is 73.6 cm³/mol. The number of carbonyl (C=O) groups excluding carboxylic acids is 1. The number of methoxy groups -OCH3 is 1. The summed E-state index contributed by atoms with van der Waals surface area (Å²) in [6, 6.07) is 0.472. The highest BCUT2D eigenvalue weighted by atomic mass is 16.5. The molecule has 0 aliphatic carbocycles. The Morgan fingerprint density at radius 2 is 2.06 bits per heavy atom. The second-order valence-electron chi connectivity index (χ2n) is 4.99. The topological polar surface area (TPSA) is 41.6 Å². The fourth-order valence-electron chi connectivity index (χ4n) is 2.82. The van der Waals surface area contributed by atoms with Crippen LogP contribution in [-0.4, -0.2) is 49.7 Å². The summed E-state index contributed by atoms with van der Waals surface area (Å²) < 4.78 is 4.99. The molecule has 18 heavy (non-hydrogen) atoms. The summed E-state index contributed by atoms with van der Waals surface area (Å²) >= 11 is 0. The van der Waals surface area contributed by atoms with Gasteiger partial charge in [-0.25, -0.2) is 0 Å². The van der Waals surface area contributed by atoms with Crippen molar-refractivity contribution in [2.75, 3.05) is 26.7 Å². The maximum atomic E-state index is 12.0. The lowest BCUT2D eigenvalue weighted by molar-refractivity contribution is -0.148. The van der Waals surface area contributed by atoms with Gasteiger partial charge in [0.1, 0.15) is 6.04 Å². The molecular formula is C14H28N2O2. The largest absolute Gasteiger partial charge is 0.468 e. The number of esters is 1. The van der Waals surface area contributed by atoms with Crippen LogP contribution in [0.2, 0.25) is 0 Å². The molecule has 0 saturated carbocycles. The molecule has 4 heteroatoms. The van der Waals surface area contributed by atoms with Gasteiger partial charge in [-0.3, -0.25) is 9.69 Å². The Balaban J connectivity index is 2.67. The lowest BCUT2D eigenvalue weighted by Gasteiger charge is -2.38. The van der Waals surface area contributed by atoms with E-state index in [4.69, 9.17) is 4.74 Å². The third-order valence-electron chi connectivity index (χ3n) is 3.85. The molecule has 106 valence electrons. The Bertz CT molecular complexity index is 240. The highest BCUT2D eigenvalue weighted by Gasteiger charge is 2.31. The Kier molecular flexibility index (Phi) is 7.28. The first-order valence-electron chi connectivity index (χ1n) is 7.28. The maximum Gasteiger partial charge on any atom is 0.323 e. The molecule has 0 aromatic carbocycles. The molecule has 1 heterocycles. The monoisotopic (exact) mass is 256 g/mol. The lowest BCUT2D eigenvalue weighted by Crippen LogP contribution is -2.51. The zero-order chi connectivity index (χ0) is 13.4. The number of piperidine rings is 1. The van der Waals surface area contributed by atoms with Crippen molar-refractivity contribution in [1.82, 2.24) is 10.2 Å². The van der Waals surface area contributed by atoms with Gasteiger partial charge in [-0.1, -0.05) is 26.7 Å². The summed E-state index contributed by atoms with van der Waals surface area (Å²) in [5, 5.41) is 3.38. The summed E-state index contributed by atoms with van der Waals surface area (Å²) in [4.78, 5) is 14.3. The first kappa shape index (κ1) is 15.4. The second-order valence-corrected chi connectivity index (χ2v) is 4.99. The number of unbranched alkanes of at least 4 members (excludes halogenated alkanes) is 1. The summed E-state index contributed by atoms with van der Waals surface area (Å²) in [5.41, 5.74) is 0. The number of hydrogen-bond donors (Lipinski definition) is 1. The van der Waals surface area contributed by atoms with Crippen molar-refractivity contribution in [2.45, 2.75) is 58.0 Å². The van der Waals surface area contributed by atoms with Crippen LogP contribution in [0.25, 0.3) is 0 Å². The molecule has 1 N–H and O–H groups in total. The lowest BCUT2D eigenvalue weighted by atomic mass is 10.00. The summed E-state index contributed by atoms with van der Waals surface area (Å²) in [7, 11) is 1.50. The van der Waals surface area contributed by atoms with Gasteiger partial charge >= 0.3 is 5.97 Å². The van der Waals surface area contributed by atoms with Crippen LogP contribution in [0, 0.1) is 0 Å². The van der Waals surface area contributed by atoms with Gasteiger partial charge in [0.05, 0.1) is 7.11 Å². The van der Waals surface area contributed by atoms with E-state index in [0.29, 0.717) is 6.04 Å². The van der Waals surface area contributed by atoms with Crippen LogP contribution >= 0.6 is 0 Å². The third kappa shape index (κ3) is 4.25. The second kappa shape index (κ2) is 8.48. The van der Waals surface area contributed by atoms with Gasteiger partial charge in [0.15, 0.2) is 0 Å². The Morgan fingerprint density at radius 3 is 2.56 bits per heavy atom. The molecule has 1 atom stereocenters. The molecule has 0 aromatic heterocycles. The number of likely N-dealkylation sites (N-methyl/N-ethyl adjacent to an activating group) is 1. The minimum atomic E-state index is -0.0659. The van der Waals surface area contributed by atoms with Gasteiger partial charge in [0.2, 0.25) is 0 Å². The average molecular weight is 256 g/mol. The molecule has 1 aliphatic rings. The highest BCUT2D eigenvalue weighted by molar-refractivity contribution is 5.75. The molecule has 4 nitrogen and oxygen atoms in total. The first-order chi connectivity index (χ1) is 8.74.